The molecule has 19 heavy (non-hydrogen) atoms. The van der Waals surface area contributed by atoms with Crippen molar-refractivity contribution >= 4 is 5.97 Å². The molecule has 4 nitrogen and oxygen atoms in total. The van der Waals surface area contributed by atoms with Crippen molar-refractivity contribution in [3.05, 3.63) is 23.8 Å². The van der Waals surface area contributed by atoms with Crippen LogP contribution in [0.25, 0.3) is 0 Å². The third-order valence-corrected chi connectivity index (χ3v) is 5.01. The number of aliphatic hydroxyl groups excluding tert-OH is 1. The molecular weight excluding hydrogens is 244 g/mol. The van der Waals surface area contributed by atoms with Gasteiger partial charge in [-0.25, -0.2) is 4.79 Å². The maximum absolute atomic E-state index is 11.2. The molecule has 2 aliphatic rings. The fraction of sp³-hybridized carbons (Fsp3) is 0.667. The Kier molecular flexibility index (Phi) is 3.58. The zero-order valence-corrected chi connectivity index (χ0v) is 11.5. The molecule has 0 spiro atoms. The van der Waals surface area contributed by atoms with Crippen molar-refractivity contribution in [2.24, 2.45) is 17.8 Å². The van der Waals surface area contributed by atoms with Crippen LogP contribution in [0, 0.1) is 17.8 Å². The zero-order valence-electron chi connectivity index (χ0n) is 11.5. The number of carboxylic acid groups (broad SMARTS) is 1. The van der Waals surface area contributed by atoms with E-state index in [1.54, 1.807) is 6.92 Å². The smallest absolute Gasteiger partial charge is 0.331 e. The maximum Gasteiger partial charge on any atom is 0.331 e. The van der Waals surface area contributed by atoms with Crippen molar-refractivity contribution in [3.8, 4) is 0 Å². The first-order valence-electron chi connectivity index (χ1n) is 6.79. The molecule has 0 amide bonds. The fourth-order valence-corrected chi connectivity index (χ4v) is 3.78. The average molecular weight is 266 g/mol. The zero-order chi connectivity index (χ0) is 14.4. The normalized spacial score (nSPS) is 42.2. The number of aliphatic hydroxyl groups is 2. The second-order valence-electron chi connectivity index (χ2n) is 6.02. The van der Waals surface area contributed by atoms with E-state index >= 15 is 0 Å². The van der Waals surface area contributed by atoms with Crippen LogP contribution in [0.2, 0.25) is 0 Å². The van der Waals surface area contributed by atoms with Gasteiger partial charge in [-0.1, -0.05) is 19.6 Å². The Balaban J connectivity index is 2.45. The van der Waals surface area contributed by atoms with Crippen molar-refractivity contribution in [1.82, 2.24) is 0 Å². The molecule has 0 saturated heterocycles. The molecule has 2 rings (SSSR count). The summed E-state index contributed by atoms with van der Waals surface area (Å²) in [4.78, 5) is 11.2. The number of carbonyl (C=O) groups is 1. The van der Waals surface area contributed by atoms with E-state index in [-0.39, 0.29) is 17.4 Å². The topological polar surface area (TPSA) is 77.8 Å². The molecule has 0 unspecified atom stereocenters. The molecule has 1 fully saturated rings. The van der Waals surface area contributed by atoms with Crippen molar-refractivity contribution in [1.29, 1.82) is 0 Å². The summed E-state index contributed by atoms with van der Waals surface area (Å²) in [6, 6.07) is 0. The van der Waals surface area contributed by atoms with Gasteiger partial charge in [0.05, 0.1) is 0 Å². The molecular formula is C15H22O4. The first-order chi connectivity index (χ1) is 8.80. The van der Waals surface area contributed by atoms with Crippen molar-refractivity contribution in [2.45, 2.75) is 44.8 Å². The Morgan fingerprint density at radius 1 is 1.47 bits per heavy atom. The first kappa shape index (κ1) is 14.3. The van der Waals surface area contributed by atoms with E-state index in [0.717, 1.165) is 12.0 Å². The van der Waals surface area contributed by atoms with Gasteiger partial charge in [-0.3, -0.25) is 0 Å². The molecule has 4 heteroatoms. The number of aliphatic carboxylic acids is 1. The third kappa shape index (κ3) is 2.03. The molecule has 3 N–H and O–H groups in total. The van der Waals surface area contributed by atoms with E-state index in [4.69, 9.17) is 5.11 Å². The van der Waals surface area contributed by atoms with E-state index in [0.29, 0.717) is 12.8 Å². The van der Waals surface area contributed by atoms with Gasteiger partial charge in [-0.15, -0.1) is 0 Å². The molecule has 5 atom stereocenters. The molecule has 0 aromatic carbocycles. The van der Waals surface area contributed by atoms with E-state index in [1.807, 2.05) is 6.08 Å². The van der Waals surface area contributed by atoms with Crippen LogP contribution in [-0.4, -0.2) is 33.0 Å². The number of fused-ring (bicyclic) bond motifs is 1. The molecule has 0 heterocycles. The Morgan fingerprint density at radius 2 is 2.11 bits per heavy atom. The highest BCUT2D eigenvalue weighted by atomic mass is 16.4. The van der Waals surface area contributed by atoms with Crippen molar-refractivity contribution in [2.75, 3.05) is 0 Å². The molecule has 1 saturated carbocycles. The summed E-state index contributed by atoms with van der Waals surface area (Å²) in [7, 11) is 0. The highest BCUT2D eigenvalue weighted by Gasteiger charge is 2.56. The van der Waals surface area contributed by atoms with Gasteiger partial charge in [0.1, 0.15) is 11.7 Å². The number of hydrogen-bond donors (Lipinski definition) is 3. The van der Waals surface area contributed by atoms with Gasteiger partial charge >= 0.3 is 5.97 Å². The van der Waals surface area contributed by atoms with Gasteiger partial charge in [-0.05, 0) is 43.6 Å². The molecule has 106 valence electrons. The number of rotatable bonds is 2. The van der Waals surface area contributed by atoms with Gasteiger partial charge in [0.15, 0.2) is 0 Å². The first-order valence-corrected chi connectivity index (χ1v) is 6.79. The summed E-state index contributed by atoms with van der Waals surface area (Å²) in [6.07, 6.45) is 3.04. The lowest BCUT2D eigenvalue weighted by Crippen LogP contribution is -2.61. The highest BCUT2D eigenvalue weighted by molar-refractivity contribution is 5.86. The Hall–Kier alpha value is -1.13. The maximum atomic E-state index is 11.2. The number of carboxylic acids is 1. The van der Waals surface area contributed by atoms with E-state index in [1.165, 1.54) is 0 Å². The summed E-state index contributed by atoms with van der Waals surface area (Å²) in [5, 5.41) is 30.6. The molecule has 2 aliphatic carbocycles. The summed E-state index contributed by atoms with van der Waals surface area (Å²) in [5.74, 6) is -1.51. The Bertz CT molecular complexity index is 439. The standard InChI is InChI=1S/C15H22O4/c1-8-4-7-12(10(3)14(17)18)15(19)11(8)6-5-9(2)13(15)16/h5,8,11-13,16,19H,3-4,6-7H2,1-2H3,(H,17,18)/t8-,11-,12-,13+,15+/m0/s1. The molecule has 0 aliphatic heterocycles. The van der Waals surface area contributed by atoms with Crippen LogP contribution < -0.4 is 0 Å². The van der Waals surface area contributed by atoms with E-state index < -0.39 is 23.6 Å². The van der Waals surface area contributed by atoms with Crippen LogP contribution in [0.5, 0.6) is 0 Å². The van der Waals surface area contributed by atoms with Crippen molar-refractivity contribution < 1.29 is 20.1 Å². The van der Waals surface area contributed by atoms with Gasteiger partial charge in [0, 0.05) is 11.5 Å². The van der Waals surface area contributed by atoms with Crippen LogP contribution >= 0.6 is 0 Å². The largest absolute Gasteiger partial charge is 0.478 e. The van der Waals surface area contributed by atoms with Crippen LogP contribution in [0.4, 0.5) is 0 Å². The summed E-state index contributed by atoms with van der Waals surface area (Å²) < 4.78 is 0. The number of hydrogen-bond acceptors (Lipinski definition) is 3. The lowest BCUT2D eigenvalue weighted by Gasteiger charge is -2.53. The van der Waals surface area contributed by atoms with E-state index in [9.17, 15) is 15.0 Å². The van der Waals surface area contributed by atoms with Gasteiger partial charge < -0.3 is 15.3 Å². The van der Waals surface area contributed by atoms with Crippen LogP contribution in [0.15, 0.2) is 23.8 Å². The third-order valence-electron chi connectivity index (χ3n) is 5.01. The van der Waals surface area contributed by atoms with Crippen LogP contribution in [0.1, 0.15) is 33.1 Å². The average Bonchev–Trinajstić information content (AvgIpc) is 2.35. The summed E-state index contributed by atoms with van der Waals surface area (Å²) >= 11 is 0. The molecule has 0 aromatic heterocycles. The minimum atomic E-state index is -1.40. The summed E-state index contributed by atoms with van der Waals surface area (Å²) in [5.41, 5.74) is -0.671. The molecule has 0 aromatic rings. The van der Waals surface area contributed by atoms with Gasteiger partial charge in [0.2, 0.25) is 0 Å². The Labute approximate surface area is 113 Å². The number of allylic oxidation sites excluding steroid dienone is 1. The second kappa shape index (κ2) is 4.76. The minimum absolute atomic E-state index is 0.00755. The lowest BCUT2D eigenvalue weighted by molar-refractivity contribution is -0.169. The SMILES string of the molecule is C=C(C(=O)O)[C@@H]1CC[C@H](C)[C@@H]2CC=C(C)[C@@H](O)[C@]12O. The Morgan fingerprint density at radius 3 is 2.68 bits per heavy atom. The predicted molar refractivity (Wildman–Crippen MR) is 71.5 cm³/mol. The molecule has 0 bridgehead atoms. The highest BCUT2D eigenvalue weighted by Crippen LogP contribution is 2.51. The quantitative estimate of drug-likeness (QED) is 0.525. The summed E-state index contributed by atoms with van der Waals surface area (Å²) in [6.45, 7) is 7.44. The lowest BCUT2D eigenvalue weighted by atomic mass is 9.56. The monoisotopic (exact) mass is 266 g/mol. The predicted octanol–water partition coefficient (Wildman–Crippen LogP) is 1.73. The van der Waals surface area contributed by atoms with Crippen LogP contribution in [0.3, 0.4) is 0 Å². The second-order valence-corrected chi connectivity index (χ2v) is 6.02. The minimum Gasteiger partial charge on any atom is -0.478 e. The van der Waals surface area contributed by atoms with E-state index in [2.05, 4.69) is 13.5 Å². The van der Waals surface area contributed by atoms with Gasteiger partial charge in [0.25, 0.3) is 0 Å². The van der Waals surface area contributed by atoms with Gasteiger partial charge in [-0.2, -0.15) is 0 Å². The van der Waals surface area contributed by atoms with Crippen LogP contribution in [-0.2, 0) is 4.79 Å². The molecule has 0 radical (unpaired) electrons. The fourth-order valence-electron chi connectivity index (χ4n) is 3.78. The van der Waals surface area contributed by atoms with Crippen molar-refractivity contribution in [3.63, 3.8) is 0 Å².